The van der Waals surface area contributed by atoms with Gasteiger partial charge in [0.15, 0.2) is 0 Å². The van der Waals surface area contributed by atoms with Crippen molar-refractivity contribution in [2.45, 2.75) is 12.8 Å². The van der Waals surface area contributed by atoms with Gasteiger partial charge in [-0.3, -0.25) is 9.52 Å². The van der Waals surface area contributed by atoms with Crippen molar-refractivity contribution in [1.29, 1.82) is 5.26 Å². The molecule has 0 unspecified atom stereocenters. The number of rotatable bonds is 5. The van der Waals surface area contributed by atoms with E-state index in [1.807, 2.05) is 0 Å². The van der Waals surface area contributed by atoms with E-state index in [9.17, 15) is 22.9 Å². The molecule has 0 spiro atoms. The molecule has 4 rings (SSSR count). The minimum absolute atomic E-state index is 0.0861. The van der Waals surface area contributed by atoms with E-state index in [4.69, 9.17) is 5.73 Å². The topological polar surface area (TPSA) is 154 Å². The number of nitrogens with zero attached hydrogens (tertiary/aromatic N) is 4. The smallest absolute Gasteiger partial charge is 0.301 e. The Hall–Kier alpha value is -3.82. The van der Waals surface area contributed by atoms with Crippen LogP contribution in [0.3, 0.4) is 0 Å². The molecule has 1 aliphatic heterocycles. The van der Waals surface area contributed by atoms with Crippen molar-refractivity contribution >= 4 is 44.2 Å². The minimum atomic E-state index is -3.92. The van der Waals surface area contributed by atoms with Crippen molar-refractivity contribution in [1.82, 2.24) is 14.3 Å². The van der Waals surface area contributed by atoms with Gasteiger partial charge in [-0.15, -0.1) is 0 Å². The molecular formula is C20H18FN7O3S. The third-order valence-electron chi connectivity index (χ3n) is 5.09. The number of nitrogen functional groups attached to an aromatic ring is 1. The Kier molecular flexibility index (Phi) is 5.60. The Morgan fingerprint density at radius 1 is 1.19 bits per heavy atom. The molecule has 0 saturated carbocycles. The summed E-state index contributed by atoms with van der Waals surface area (Å²) in [5, 5.41) is 12.4. The maximum absolute atomic E-state index is 14.6. The first-order chi connectivity index (χ1) is 15.3. The minimum Gasteiger partial charge on any atom is -0.383 e. The largest absolute Gasteiger partial charge is 0.383 e. The zero-order chi connectivity index (χ0) is 22.9. The maximum atomic E-state index is 14.6. The molecule has 0 aliphatic carbocycles. The number of hydrogen-bond acceptors (Lipinski definition) is 7. The van der Waals surface area contributed by atoms with Gasteiger partial charge >= 0.3 is 10.2 Å². The standard InChI is InChI=1S/C20H18FN7O3S/c21-15-6-7-16(27-32(30,31)28-8-1-2-9-28)14(10-22)18(15)26-20(29)13-5-3-4-12-17(13)24-11-25-19(12)23/h3-7,11,27H,1-2,8-9H2,(H,26,29)(H2,23,24,25). The highest BCUT2D eigenvalue weighted by molar-refractivity contribution is 7.90. The fourth-order valence-corrected chi connectivity index (χ4v) is 4.82. The molecule has 0 bridgehead atoms. The fraction of sp³-hybridized carbons (Fsp3) is 0.200. The summed E-state index contributed by atoms with van der Waals surface area (Å²) < 4.78 is 43.3. The van der Waals surface area contributed by atoms with Gasteiger partial charge in [-0.05, 0) is 37.1 Å². The second kappa shape index (κ2) is 8.37. The molecule has 12 heteroatoms. The summed E-state index contributed by atoms with van der Waals surface area (Å²) in [7, 11) is -3.92. The molecule has 1 fully saturated rings. The number of amides is 1. The molecule has 1 saturated heterocycles. The number of nitrogens with one attached hydrogen (secondary N) is 2. The number of benzene rings is 2. The van der Waals surface area contributed by atoms with Crippen LogP contribution in [0.15, 0.2) is 36.7 Å². The molecule has 0 atom stereocenters. The molecular weight excluding hydrogens is 437 g/mol. The summed E-state index contributed by atoms with van der Waals surface area (Å²) in [6.45, 7) is 0.710. The van der Waals surface area contributed by atoms with E-state index in [1.165, 1.54) is 16.7 Å². The Morgan fingerprint density at radius 2 is 1.94 bits per heavy atom. The first kappa shape index (κ1) is 21.4. The molecule has 2 heterocycles. The number of carbonyl (C=O) groups is 1. The average molecular weight is 455 g/mol. The first-order valence-electron chi connectivity index (χ1n) is 9.63. The van der Waals surface area contributed by atoms with Crippen LogP contribution in [0, 0.1) is 17.1 Å². The normalized spacial score (nSPS) is 14.2. The van der Waals surface area contributed by atoms with Crippen LogP contribution in [-0.4, -0.2) is 41.7 Å². The van der Waals surface area contributed by atoms with Crippen LogP contribution >= 0.6 is 0 Å². The Morgan fingerprint density at radius 3 is 2.66 bits per heavy atom. The van der Waals surface area contributed by atoms with Gasteiger partial charge in [0.1, 0.15) is 29.6 Å². The van der Waals surface area contributed by atoms with Gasteiger partial charge < -0.3 is 11.1 Å². The van der Waals surface area contributed by atoms with Crippen molar-refractivity contribution in [2.75, 3.05) is 28.9 Å². The summed E-state index contributed by atoms with van der Waals surface area (Å²) >= 11 is 0. The number of anilines is 3. The van der Waals surface area contributed by atoms with Gasteiger partial charge in [0, 0.05) is 18.5 Å². The van der Waals surface area contributed by atoms with Crippen molar-refractivity contribution in [3.63, 3.8) is 0 Å². The van der Waals surface area contributed by atoms with E-state index in [2.05, 4.69) is 20.0 Å². The lowest BCUT2D eigenvalue weighted by atomic mass is 10.1. The monoisotopic (exact) mass is 455 g/mol. The van der Waals surface area contributed by atoms with Crippen molar-refractivity contribution in [3.05, 3.63) is 53.6 Å². The van der Waals surface area contributed by atoms with Crippen LogP contribution < -0.4 is 15.8 Å². The van der Waals surface area contributed by atoms with Gasteiger partial charge in [0.25, 0.3) is 5.91 Å². The SMILES string of the molecule is N#Cc1c(NS(=O)(=O)N2CCCC2)ccc(F)c1NC(=O)c1cccc2c(N)ncnc12. The Bertz CT molecular complexity index is 1370. The van der Waals surface area contributed by atoms with Crippen LogP contribution in [0.1, 0.15) is 28.8 Å². The Labute approximate surface area is 183 Å². The van der Waals surface area contributed by atoms with Crippen molar-refractivity contribution in [2.24, 2.45) is 0 Å². The average Bonchev–Trinajstić information content (AvgIpc) is 3.32. The number of para-hydroxylation sites is 1. The Balaban J connectivity index is 1.70. The van der Waals surface area contributed by atoms with E-state index in [0.29, 0.717) is 18.5 Å². The fourth-order valence-electron chi connectivity index (χ4n) is 3.50. The first-order valence-corrected chi connectivity index (χ1v) is 11.1. The molecule has 3 aromatic rings. The predicted octanol–water partition coefficient (Wildman–Crippen LogP) is 2.23. The second-order valence-electron chi connectivity index (χ2n) is 7.08. The second-order valence-corrected chi connectivity index (χ2v) is 8.76. The summed E-state index contributed by atoms with van der Waals surface area (Å²) in [4.78, 5) is 20.9. The molecule has 1 amide bonds. The van der Waals surface area contributed by atoms with E-state index in [-0.39, 0.29) is 28.1 Å². The van der Waals surface area contributed by atoms with Crippen molar-refractivity contribution in [3.8, 4) is 6.07 Å². The summed E-state index contributed by atoms with van der Waals surface area (Å²) in [5.74, 6) is -1.47. The molecule has 164 valence electrons. The summed E-state index contributed by atoms with van der Waals surface area (Å²) in [6, 6.07) is 8.56. The third kappa shape index (κ3) is 3.91. The number of aromatic nitrogens is 2. The van der Waals surface area contributed by atoms with Gasteiger partial charge in [0.2, 0.25) is 0 Å². The number of halogens is 1. The highest BCUT2D eigenvalue weighted by Gasteiger charge is 2.27. The summed E-state index contributed by atoms with van der Waals surface area (Å²) in [5.41, 5.74) is 5.23. The quantitative estimate of drug-likeness (QED) is 0.533. The van der Waals surface area contributed by atoms with Crippen molar-refractivity contribution < 1.29 is 17.6 Å². The maximum Gasteiger partial charge on any atom is 0.301 e. The molecule has 1 aromatic heterocycles. The van der Waals surface area contributed by atoms with Gasteiger partial charge in [0.05, 0.1) is 22.5 Å². The number of fused-ring (bicyclic) bond motifs is 1. The highest BCUT2D eigenvalue weighted by Crippen LogP contribution is 2.30. The van der Waals surface area contributed by atoms with E-state index in [0.717, 1.165) is 25.0 Å². The molecule has 32 heavy (non-hydrogen) atoms. The third-order valence-corrected chi connectivity index (χ3v) is 6.61. The van der Waals surface area contributed by atoms with Crippen LogP contribution in [0.25, 0.3) is 10.9 Å². The number of hydrogen-bond donors (Lipinski definition) is 3. The predicted molar refractivity (Wildman–Crippen MR) is 116 cm³/mol. The van der Waals surface area contributed by atoms with Gasteiger partial charge in [-0.2, -0.15) is 18.0 Å². The number of nitrogens with two attached hydrogens (primary N) is 1. The molecule has 10 nitrogen and oxygen atoms in total. The highest BCUT2D eigenvalue weighted by atomic mass is 32.2. The van der Waals surface area contributed by atoms with E-state index in [1.54, 1.807) is 18.2 Å². The van der Waals surface area contributed by atoms with Crippen LogP contribution in [0.4, 0.5) is 21.6 Å². The summed E-state index contributed by atoms with van der Waals surface area (Å²) in [6.07, 6.45) is 2.66. The van der Waals surface area contributed by atoms with Crippen LogP contribution in [-0.2, 0) is 10.2 Å². The van der Waals surface area contributed by atoms with Gasteiger partial charge in [-0.1, -0.05) is 6.07 Å². The molecule has 1 aliphatic rings. The van der Waals surface area contributed by atoms with Gasteiger partial charge in [-0.25, -0.2) is 14.4 Å². The molecule has 0 radical (unpaired) electrons. The number of nitriles is 1. The lowest BCUT2D eigenvalue weighted by Gasteiger charge is -2.19. The lowest BCUT2D eigenvalue weighted by molar-refractivity contribution is 0.102. The zero-order valence-corrected chi connectivity index (χ0v) is 17.5. The lowest BCUT2D eigenvalue weighted by Crippen LogP contribution is -2.33. The zero-order valence-electron chi connectivity index (χ0n) is 16.7. The van der Waals surface area contributed by atoms with E-state index >= 15 is 0 Å². The molecule has 4 N–H and O–H groups in total. The van der Waals surface area contributed by atoms with Crippen LogP contribution in [0.2, 0.25) is 0 Å². The molecule has 2 aromatic carbocycles. The number of carbonyl (C=O) groups excluding carboxylic acids is 1. The van der Waals surface area contributed by atoms with Crippen LogP contribution in [0.5, 0.6) is 0 Å². The van der Waals surface area contributed by atoms with E-state index < -0.39 is 27.6 Å².